The number of hydrogen-bond acceptors (Lipinski definition) is 2. The second kappa shape index (κ2) is 8.02. The molecule has 2 aromatic rings. The molecule has 0 bridgehead atoms. The van der Waals surface area contributed by atoms with E-state index in [0.29, 0.717) is 6.04 Å². The van der Waals surface area contributed by atoms with Gasteiger partial charge in [0.05, 0.1) is 5.56 Å². The van der Waals surface area contributed by atoms with Crippen LogP contribution in [0.5, 0.6) is 0 Å². The lowest BCUT2D eigenvalue weighted by atomic mass is 10.0. The van der Waals surface area contributed by atoms with Crippen LogP contribution in [0.15, 0.2) is 30.3 Å². The van der Waals surface area contributed by atoms with Gasteiger partial charge in [-0.2, -0.15) is 0 Å². The Morgan fingerprint density at radius 3 is 2.56 bits per heavy atom. The SMILES string of the molecule is CNC1CCCN(C(=O)c2cc(C)n(-c3ccc(F)cc3)c2C)C1.Cl. The van der Waals surface area contributed by atoms with Crippen LogP contribution in [0.3, 0.4) is 0 Å². The molecule has 0 radical (unpaired) electrons. The summed E-state index contributed by atoms with van der Waals surface area (Å²) in [5.74, 6) is -0.180. The number of benzene rings is 1. The van der Waals surface area contributed by atoms with Crippen molar-refractivity contribution in [3.63, 3.8) is 0 Å². The number of nitrogens with one attached hydrogen (secondary N) is 1. The van der Waals surface area contributed by atoms with Gasteiger partial charge in [-0.05, 0) is 64.1 Å². The van der Waals surface area contributed by atoms with Crippen LogP contribution in [0.25, 0.3) is 5.69 Å². The first-order valence-electron chi connectivity index (χ1n) is 8.42. The molecule has 1 fully saturated rings. The van der Waals surface area contributed by atoms with Crippen molar-refractivity contribution in [2.45, 2.75) is 32.7 Å². The number of rotatable bonds is 3. The number of nitrogens with zero attached hydrogens (tertiary/aromatic N) is 2. The monoisotopic (exact) mass is 365 g/mol. The summed E-state index contributed by atoms with van der Waals surface area (Å²) in [5.41, 5.74) is 3.48. The Bertz CT molecular complexity index is 742. The van der Waals surface area contributed by atoms with Gasteiger partial charge in [-0.1, -0.05) is 0 Å². The zero-order valence-electron chi connectivity index (χ0n) is 14.9. The highest BCUT2D eigenvalue weighted by molar-refractivity contribution is 5.96. The maximum atomic E-state index is 13.2. The van der Waals surface area contributed by atoms with E-state index in [-0.39, 0.29) is 24.1 Å². The van der Waals surface area contributed by atoms with Crippen molar-refractivity contribution in [3.8, 4) is 5.69 Å². The van der Waals surface area contributed by atoms with Crippen LogP contribution >= 0.6 is 12.4 Å². The summed E-state index contributed by atoms with van der Waals surface area (Å²) in [5, 5.41) is 3.27. The van der Waals surface area contributed by atoms with Crippen molar-refractivity contribution >= 4 is 18.3 Å². The molecule has 1 saturated heterocycles. The number of piperidine rings is 1. The van der Waals surface area contributed by atoms with E-state index in [0.717, 1.165) is 48.6 Å². The molecule has 1 unspecified atom stereocenters. The summed E-state index contributed by atoms with van der Waals surface area (Å²) in [6, 6.07) is 8.66. The van der Waals surface area contributed by atoms with E-state index in [1.165, 1.54) is 12.1 Å². The number of carbonyl (C=O) groups is 1. The molecule has 0 spiro atoms. The Hall–Kier alpha value is -1.85. The number of amides is 1. The van der Waals surface area contributed by atoms with E-state index in [4.69, 9.17) is 0 Å². The van der Waals surface area contributed by atoms with Crippen molar-refractivity contribution in [2.75, 3.05) is 20.1 Å². The predicted octanol–water partition coefficient (Wildman–Crippen LogP) is 3.48. The maximum absolute atomic E-state index is 13.2. The molecule has 6 heteroatoms. The number of aryl methyl sites for hydroxylation is 1. The number of hydrogen-bond donors (Lipinski definition) is 1. The lowest BCUT2D eigenvalue weighted by molar-refractivity contribution is 0.0697. The molecule has 1 amide bonds. The van der Waals surface area contributed by atoms with Gasteiger partial charge in [-0.25, -0.2) is 4.39 Å². The summed E-state index contributed by atoms with van der Waals surface area (Å²) in [6.07, 6.45) is 2.13. The minimum Gasteiger partial charge on any atom is -0.337 e. The highest BCUT2D eigenvalue weighted by Gasteiger charge is 2.26. The first-order valence-corrected chi connectivity index (χ1v) is 8.42. The second-order valence-electron chi connectivity index (χ2n) is 6.48. The molecule has 136 valence electrons. The molecule has 3 rings (SSSR count). The molecule has 1 N–H and O–H groups in total. The molecular weight excluding hydrogens is 341 g/mol. The smallest absolute Gasteiger partial charge is 0.255 e. The van der Waals surface area contributed by atoms with E-state index in [9.17, 15) is 9.18 Å². The topological polar surface area (TPSA) is 37.3 Å². The molecule has 1 aromatic heterocycles. The maximum Gasteiger partial charge on any atom is 0.255 e. The molecule has 0 saturated carbocycles. The van der Waals surface area contributed by atoms with Gasteiger partial charge in [0.2, 0.25) is 0 Å². The highest BCUT2D eigenvalue weighted by Crippen LogP contribution is 2.23. The third-order valence-electron chi connectivity index (χ3n) is 4.86. The fourth-order valence-corrected chi connectivity index (χ4v) is 3.53. The number of likely N-dealkylation sites (tertiary alicyclic amines) is 1. The fourth-order valence-electron chi connectivity index (χ4n) is 3.53. The van der Waals surface area contributed by atoms with E-state index < -0.39 is 0 Å². The Morgan fingerprint density at radius 1 is 1.24 bits per heavy atom. The minimum absolute atomic E-state index is 0. The summed E-state index contributed by atoms with van der Waals surface area (Å²) >= 11 is 0. The number of aromatic nitrogens is 1. The molecule has 1 aliphatic heterocycles. The molecule has 2 heterocycles. The van der Waals surface area contributed by atoms with Crippen LogP contribution in [0.4, 0.5) is 4.39 Å². The van der Waals surface area contributed by atoms with Gasteiger partial charge in [0.25, 0.3) is 5.91 Å². The number of halogens is 2. The molecule has 25 heavy (non-hydrogen) atoms. The van der Waals surface area contributed by atoms with E-state index in [1.54, 1.807) is 12.1 Å². The summed E-state index contributed by atoms with van der Waals surface area (Å²) in [6.45, 7) is 5.47. The third-order valence-corrected chi connectivity index (χ3v) is 4.86. The van der Waals surface area contributed by atoms with Gasteiger partial charge >= 0.3 is 0 Å². The predicted molar refractivity (Wildman–Crippen MR) is 100 cm³/mol. The van der Waals surface area contributed by atoms with Crippen molar-refractivity contribution in [1.82, 2.24) is 14.8 Å². The van der Waals surface area contributed by atoms with Crippen LogP contribution in [0.1, 0.15) is 34.6 Å². The van der Waals surface area contributed by atoms with Crippen molar-refractivity contribution < 1.29 is 9.18 Å². The standard InChI is InChI=1S/C19H24FN3O.ClH/c1-13-11-18(19(24)22-10-4-5-16(12-22)21-3)14(2)23(13)17-8-6-15(20)7-9-17;/h6-9,11,16,21H,4-5,10,12H2,1-3H3;1H. The molecule has 1 atom stereocenters. The Morgan fingerprint density at radius 2 is 1.92 bits per heavy atom. The third kappa shape index (κ3) is 3.88. The van der Waals surface area contributed by atoms with Crippen LogP contribution in [0, 0.1) is 19.7 Å². The van der Waals surface area contributed by atoms with Crippen LogP contribution < -0.4 is 5.32 Å². The summed E-state index contributed by atoms with van der Waals surface area (Å²) in [4.78, 5) is 14.9. The van der Waals surface area contributed by atoms with Crippen molar-refractivity contribution in [2.24, 2.45) is 0 Å². The van der Waals surface area contributed by atoms with E-state index in [1.807, 2.05) is 36.4 Å². The largest absolute Gasteiger partial charge is 0.337 e. The van der Waals surface area contributed by atoms with Crippen molar-refractivity contribution in [1.29, 1.82) is 0 Å². The highest BCUT2D eigenvalue weighted by atomic mass is 35.5. The first-order chi connectivity index (χ1) is 11.5. The zero-order valence-corrected chi connectivity index (χ0v) is 15.7. The normalized spacial score (nSPS) is 17.3. The van der Waals surface area contributed by atoms with Gasteiger partial charge in [-0.15, -0.1) is 12.4 Å². The number of carbonyl (C=O) groups excluding carboxylic acids is 1. The van der Waals surface area contributed by atoms with Gasteiger partial charge in [0, 0.05) is 36.2 Å². The lowest BCUT2D eigenvalue weighted by Gasteiger charge is -2.32. The zero-order chi connectivity index (χ0) is 17.3. The van der Waals surface area contributed by atoms with Gasteiger partial charge < -0.3 is 14.8 Å². The second-order valence-corrected chi connectivity index (χ2v) is 6.48. The van der Waals surface area contributed by atoms with Crippen LogP contribution in [-0.4, -0.2) is 41.6 Å². The van der Waals surface area contributed by atoms with Gasteiger partial charge in [-0.3, -0.25) is 4.79 Å². The summed E-state index contributed by atoms with van der Waals surface area (Å²) in [7, 11) is 1.94. The van der Waals surface area contributed by atoms with E-state index in [2.05, 4.69) is 5.32 Å². The van der Waals surface area contributed by atoms with Gasteiger partial charge in [0.15, 0.2) is 0 Å². The molecular formula is C19H25ClFN3O. The summed E-state index contributed by atoms with van der Waals surface area (Å²) < 4.78 is 15.2. The average Bonchev–Trinajstić information content (AvgIpc) is 2.90. The van der Waals surface area contributed by atoms with E-state index >= 15 is 0 Å². The molecule has 1 aromatic carbocycles. The minimum atomic E-state index is -0.260. The molecule has 1 aliphatic rings. The Kier molecular flexibility index (Phi) is 6.25. The first kappa shape index (κ1) is 19.5. The molecule has 4 nitrogen and oxygen atoms in total. The Labute approximate surface area is 154 Å². The fraction of sp³-hybridized carbons (Fsp3) is 0.421. The Balaban J connectivity index is 0.00000225. The van der Waals surface area contributed by atoms with Gasteiger partial charge in [0.1, 0.15) is 5.82 Å². The van der Waals surface area contributed by atoms with Crippen molar-refractivity contribution in [3.05, 3.63) is 53.1 Å². The van der Waals surface area contributed by atoms with Crippen LogP contribution in [-0.2, 0) is 0 Å². The average molecular weight is 366 g/mol. The van der Waals surface area contributed by atoms with Crippen LogP contribution in [0.2, 0.25) is 0 Å². The molecule has 0 aliphatic carbocycles. The lowest BCUT2D eigenvalue weighted by Crippen LogP contribution is -2.47. The number of likely N-dealkylation sites (N-methyl/N-ethyl adjacent to an activating group) is 1. The quantitative estimate of drug-likeness (QED) is 0.904.